The van der Waals surface area contributed by atoms with Gasteiger partial charge < -0.3 is 25.0 Å². The Bertz CT molecular complexity index is 487. The standard InChI is InChI=1S/C17H28N4O2/c1-3-18-17(19-8-11-22-2)20-14-15-6-4-5-7-16(15)21-9-12-23-13-10-21/h4-7H,3,8-14H2,1-2H3,(H2,18,19,20). The van der Waals surface area contributed by atoms with E-state index in [4.69, 9.17) is 14.5 Å². The second-order valence-corrected chi connectivity index (χ2v) is 5.34. The van der Waals surface area contributed by atoms with Crippen molar-refractivity contribution in [2.24, 2.45) is 4.99 Å². The van der Waals surface area contributed by atoms with Crippen molar-refractivity contribution < 1.29 is 9.47 Å². The minimum Gasteiger partial charge on any atom is -0.383 e. The predicted molar refractivity (Wildman–Crippen MR) is 94.2 cm³/mol. The summed E-state index contributed by atoms with van der Waals surface area (Å²) in [4.78, 5) is 7.07. The lowest BCUT2D eigenvalue weighted by Gasteiger charge is -2.30. The van der Waals surface area contributed by atoms with Gasteiger partial charge in [-0.05, 0) is 18.6 Å². The van der Waals surface area contributed by atoms with Crippen LogP contribution in [0.15, 0.2) is 29.3 Å². The van der Waals surface area contributed by atoms with Gasteiger partial charge in [-0.25, -0.2) is 4.99 Å². The number of benzene rings is 1. The van der Waals surface area contributed by atoms with Gasteiger partial charge in [0.2, 0.25) is 0 Å². The Labute approximate surface area is 138 Å². The molecule has 0 aromatic heterocycles. The number of aliphatic imine (C=N–C) groups is 1. The van der Waals surface area contributed by atoms with Gasteiger partial charge in [-0.3, -0.25) is 0 Å². The van der Waals surface area contributed by atoms with E-state index in [2.05, 4.69) is 46.7 Å². The van der Waals surface area contributed by atoms with Crippen LogP contribution in [0.5, 0.6) is 0 Å². The number of para-hydroxylation sites is 1. The molecule has 23 heavy (non-hydrogen) atoms. The number of nitrogens with one attached hydrogen (secondary N) is 2. The first kappa shape index (κ1) is 17.6. The SMILES string of the molecule is CCNC(=NCc1ccccc1N1CCOCC1)NCCOC. The third-order valence-electron chi connectivity index (χ3n) is 3.69. The van der Waals surface area contributed by atoms with Crippen LogP contribution in [0, 0.1) is 0 Å². The molecule has 1 aromatic carbocycles. The summed E-state index contributed by atoms with van der Waals surface area (Å²) in [6, 6.07) is 8.47. The number of methoxy groups -OCH3 is 1. The van der Waals surface area contributed by atoms with E-state index in [0.717, 1.165) is 45.4 Å². The molecule has 1 aromatic rings. The van der Waals surface area contributed by atoms with Crippen molar-refractivity contribution in [3.8, 4) is 0 Å². The monoisotopic (exact) mass is 320 g/mol. The summed E-state index contributed by atoms with van der Waals surface area (Å²) < 4.78 is 10.5. The Hall–Kier alpha value is -1.79. The minimum absolute atomic E-state index is 0.649. The summed E-state index contributed by atoms with van der Waals surface area (Å²) in [6.45, 7) is 8.41. The summed E-state index contributed by atoms with van der Waals surface area (Å²) in [5.74, 6) is 0.821. The van der Waals surface area contributed by atoms with Crippen molar-refractivity contribution in [3.63, 3.8) is 0 Å². The van der Waals surface area contributed by atoms with E-state index in [1.165, 1.54) is 11.3 Å². The molecule has 1 aliphatic heterocycles. The average molecular weight is 320 g/mol. The van der Waals surface area contributed by atoms with Gasteiger partial charge in [-0.2, -0.15) is 0 Å². The summed E-state index contributed by atoms with van der Waals surface area (Å²) in [5.41, 5.74) is 2.49. The van der Waals surface area contributed by atoms with Crippen LogP contribution in [0.2, 0.25) is 0 Å². The first-order chi connectivity index (χ1) is 11.3. The summed E-state index contributed by atoms with van der Waals surface area (Å²) in [5, 5.41) is 6.53. The molecule has 0 aliphatic carbocycles. The van der Waals surface area contributed by atoms with Crippen LogP contribution in [0.25, 0.3) is 0 Å². The molecule has 2 N–H and O–H groups in total. The number of hydrogen-bond donors (Lipinski definition) is 2. The Morgan fingerprint density at radius 2 is 2.04 bits per heavy atom. The molecule has 1 heterocycles. The van der Waals surface area contributed by atoms with Gasteiger partial charge in [0.25, 0.3) is 0 Å². The summed E-state index contributed by atoms with van der Waals surface area (Å²) >= 11 is 0. The van der Waals surface area contributed by atoms with Crippen LogP contribution in [0.4, 0.5) is 5.69 Å². The Morgan fingerprint density at radius 1 is 1.26 bits per heavy atom. The van der Waals surface area contributed by atoms with Gasteiger partial charge in [0.15, 0.2) is 5.96 Å². The van der Waals surface area contributed by atoms with E-state index in [0.29, 0.717) is 13.2 Å². The van der Waals surface area contributed by atoms with Crippen LogP contribution in [0.1, 0.15) is 12.5 Å². The van der Waals surface area contributed by atoms with Gasteiger partial charge in [0.05, 0.1) is 26.4 Å². The third kappa shape index (κ3) is 5.73. The molecule has 1 saturated heterocycles. The highest BCUT2D eigenvalue weighted by Crippen LogP contribution is 2.22. The van der Waals surface area contributed by atoms with Gasteiger partial charge in [0, 0.05) is 39.0 Å². The van der Waals surface area contributed by atoms with Crippen molar-refractivity contribution in [1.29, 1.82) is 0 Å². The lowest BCUT2D eigenvalue weighted by molar-refractivity contribution is 0.122. The Morgan fingerprint density at radius 3 is 2.78 bits per heavy atom. The number of guanidine groups is 1. The van der Waals surface area contributed by atoms with Crippen LogP contribution in [-0.4, -0.2) is 59.1 Å². The van der Waals surface area contributed by atoms with E-state index in [1.807, 2.05) is 0 Å². The number of nitrogens with zero attached hydrogens (tertiary/aromatic N) is 2. The maximum absolute atomic E-state index is 5.45. The molecule has 0 atom stereocenters. The zero-order valence-electron chi connectivity index (χ0n) is 14.2. The molecule has 6 heteroatoms. The number of hydrogen-bond acceptors (Lipinski definition) is 4. The van der Waals surface area contributed by atoms with Crippen LogP contribution >= 0.6 is 0 Å². The molecular weight excluding hydrogens is 292 g/mol. The van der Waals surface area contributed by atoms with E-state index < -0.39 is 0 Å². The molecule has 6 nitrogen and oxygen atoms in total. The molecular formula is C17H28N4O2. The summed E-state index contributed by atoms with van der Waals surface area (Å²) in [6.07, 6.45) is 0. The third-order valence-corrected chi connectivity index (χ3v) is 3.69. The molecule has 0 saturated carbocycles. The number of morpholine rings is 1. The highest BCUT2D eigenvalue weighted by atomic mass is 16.5. The molecule has 1 fully saturated rings. The first-order valence-corrected chi connectivity index (χ1v) is 8.27. The van der Waals surface area contributed by atoms with E-state index in [-0.39, 0.29) is 0 Å². The molecule has 128 valence electrons. The highest BCUT2D eigenvalue weighted by molar-refractivity contribution is 5.79. The highest BCUT2D eigenvalue weighted by Gasteiger charge is 2.14. The van der Waals surface area contributed by atoms with Crippen molar-refractivity contribution in [1.82, 2.24) is 10.6 Å². The molecule has 2 rings (SSSR count). The molecule has 0 radical (unpaired) electrons. The van der Waals surface area contributed by atoms with Gasteiger partial charge in [-0.15, -0.1) is 0 Å². The predicted octanol–water partition coefficient (Wildman–Crippen LogP) is 1.22. The quantitative estimate of drug-likeness (QED) is 0.449. The Balaban J connectivity index is 2.03. The van der Waals surface area contributed by atoms with Crippen molar-refractivity contribution in [3.05, 3.63) is 29.8 Å². The van der Waals surface area contributed by atoms with Gasteiger partial charge >= 0.3 is 0 Å². The lowest BCUT2D eigenvalue weighted by atomic mass is 10.1. The van der Waals surface area contributed by atoms with E-state index in [1.54, 1.807) is 7.11 Å². The van der Waals surface area contributed by atoms with Crippen molar-refractivity contribution >= 4 is 11.6 Å². The number of ether oxygens (including phenoxy) is 2. The fourth-order valence-corrected chi connectivity index (χ4v) is 2.53. The first-order valence-electron chi connectivity index (χ1n) is 8.27. The molecule has 0 spiro atoms. The van der Waals surface area contributed by atoms with Gasteiger partial charge in [0.1, 0.15) is 0 Å². The zero-order valence-corrected chi connectivity index (χ0v) is 14.2. The topological polar surface area (TPSA) is 58.1 Å². The zero-order chi connectivity index (χ0) is 16.3. The average Bonchev–Trinajstić information content (AvgIpc) is 2.61. The molecule has 1 aliphatic rings. The van der Waals surface area contributed by atoms with E-state index >= 15 is 0 Å². The number of anilines is 1. The van der Waals surface area contributed by atoms with E-state index in [9.17, 15) is 0 Å². The van der Waals surface area contributed by atoms with Crippen molar-refractivity contribution in [2.45, 2.75) is 13.5 Å². The van der Waals surface area contributed by atoms with Crippen LogP contribution in [0.3, 0.4) is 0 Å². The second kappa shape index (κ2) is 10.1. The van der Waals surface area contributed by atoms with Crippen LogP contribution in [-0.2, 0) is 16.0 Å². The summed E-state index contributed by atoms with van der Waals surface area (Å²) in [7, 11) is 1.70. The molecule has 0 amide bonds. The normalized spacial score (nSPS) is 15.6. The fraction of sp³-hybridized carbons (Fsp3) is 0.588. The van der Waals surface area contributed by atoms with Crippen LogP contribution < -0.4 is 15.5 Å². The number of rotatable bonds is 7. The lowest BCUT2D eigenvalue weighted by Crippen LogP contribution is -2.39. The van der Waals surface area contributed by atoms with Crippen molar-refractivity contribution in [2.75, 3.05) is 58.0 Å². The largest absolute Gasteiger partial charge is 0.383 e. The minimum atomic E-state index is 0.649. The molecule has 0 bridgehead atoms. The Kier molecular flexibility index (Phi) is 7.69. The maximum atomic E-state index is 5.45. The fourth-order valence-electron chi connectivity index (χ4n) is 2.53. The molecule has 0 unspecified atom stereocenters. The maximum Gasteiger partial charge on any atom is 0.191 e. The second-order valence-electron chi connectivity index (χ2n) is 5.34. The van der Waals surface area contributed by atoms with Gasteiger partial charge in [-0.1, -0.05) is 18.2 Å². The smallest absolute Gasteiger partial charge is 0.191 e.